The van der Waals surface area contributed by atoms with Crippen molar-refractivity contribution in [3.63, 3.8) is 0 Å². The smallest absolute Gasteiger partial charge is 0.367 e. The summed E-state index contributed by atoms with van der Waals surface area (Å²) in [6.45, 7) is 3.67. The molecule has 0 aliphatic heterocycles. The minimum atomic E-state index is -0.481. The molecule has 1 aromatic carbocycles. The van der Waals surface area contributed by atoms with Crippen molar-refractivity contribution in [2.24, 2.45) is 0 Å². The van der Waals surface area contributed by atoms with E-state index >= 15 is 0 Å². The zero-order valence-electron chi connectivity index (χ0n) is 11.0. The molecule has 0 atom stereocenters. The van der Waals surface area contributed by atoms with Crippen molar-refractivity contribution in [1.29, 1.82) is 0 Å². The topological polar surface area (TPSA) is 82.3 Å². The molecule has 2 rings (SSSR count). The first-order chi connectivity index (χ1) is 9.52. The Hall–Kier alpha value is -2.28. The number of carbonyl (C=O) groups excluding carboxylic acids is 1. The molecule has 104 valence electrons. The van der Waals surface area contributed by atoms with E-state index in [0.29, 0.717) is 16.8 Å². The molecule has 0 saturated heterocycles. The van der Waals surface area contributed by atoms with Gasteiger partial charge in [-0.3, -0.25) is 10.1 Å². The van der Waals surface area contributed by atoms with Gasteiger partial charge < -0.3 is 4.74 Å². The molecule has 0 spiro atoms. The number of aromatic nitrogens is 1. The Morgan fingerprint density at radius 1 is 1.50 bits per heavy atom. The number of nitro benzene ring substituents is 1. The number of nitrogens with zero attached hydrogens (tertiary/aromatic N) is 2. The highest BCUT2D eigenvalue weighted by atomic mass is 32.1. The van der Waals surface area contributed by atoms with Gasteiger partial charge in [0.05, 0.1) is 17.2 Å². The molecule has 0 N–H and O–H groups in total. The number of hydrogen-bond donors (Lipinski definition) is 0. The van der Waals surface area contributed by atoms with Gasteiger partial charge in [-0.1, -0.05) is 12.1 Å². The van der Waals surface area contributed by atoms with Crippen LogP contribution in [0.15, 0.2) is 23.6 Å². The normalized spacial score (nSPS) is 10.3. The zero-order valence-corrected chi connectivity index (χ0v) is 11.8. The second kappa shape index (κ2) is 5.79. The van der Waals surface area contributed by atoms with Crippen molar-refractivity contribution in [1.82, 2.24) is 4.98 Å². The Bertz CT molecular complexity index is 666. The molecule has 2 aromatic rings. The first-order valence-corrected chi connectivity index (χ1v) is 6.79. The summed E-state index contributed by atoms with van der Waals surface area (Å²) in [5.74, 6) is -0.481. The van der Waals surface area contributed by atoms with Crippen molar-refractivity contribution >= 4 is 23.0 Å². The van der Waals surface area contributed by atoms with Crippen LogP contribution in [0.2, 0.25) is 0 Å². The molecule has 20 heavy (non-hydrogen) atoms. The predicted octanol–water partition coefficient (Wildman–Crippen LogP) is 3.20. The van der Waals surface area contributed by atoms with Crippen LogP contribution >= 0.6 is 11.3 Å². The number of benzene rings is 1. The minimum absolute atomic E-state index is 0.0354. The second-order valence-corrected chi connectivity index (χ2v) is 4.87. The number of rotatable bonds is 4. The summed E-state index contributed by atoms with van der Waals surface area (Å²) in [6, 6.07) is 4.86. The lowest BCUT2D eigenvalue weighted by Crippen LogP contribution is -2.03. The van der Waals surface area contributed by atoms with E-state index in [1.807, 2.05) is 0 Å². The number of nitro groups is 1. The van der Waals surface area contributed by atoms with Gasteiger partial charge in [-0.15, -0.1) is 11.3 Å². The van der Waals surface area contributed by atoms with E-state index in [2.05, 4.69) is 4.98 Å². The Morgan fingerprint density at radius 3 is 2.90 bits per heavy atom. The molecule has 0 unspecified atom stereocenters. The highest BCUT2D eigenvalue weighted by Crippen LogP contribution is 2.28. The van der Waals surface area contributed by atoms with Gasteiger partial charge in [0.1, 0.15) is 0 Å². The first-order valence-electron chi connectivity index (χ1n) is 5.91. The van der Waals surface area contributed by atoms with E-state index in [-0.39, 0.29) is 17.3 Å². The summed E-state index contributed by atoms with van der Waals surface area (Å²) in [5, 5.41) is 12.8. The van der Waals surface area contributed by atoms with Gasteiger partial charge >= 0.3 is 5.97 Å². The summed E-state index contributed by atoms with van der Waals surface area (Å²) >= 11 is 1.16. The largest absolute Gasteiger partial charge is 0.461 e. The van der Waals surface area contributed by atoms with Crippen LogP contribution < -0.4 is 0 Å². The van der Waals surface area contributed by atoms with Crippen LogP contribution in [0.4, 0.5) is 5.69 Å². The number of esters is 1. The maximum Gasteiger partial charge on any atom is 0.367 e. The fourth-order valence-corrected chi connectivity index (χ4v) is 2.38. The van der Waals surface area contributed by atoms with E-state index in [0.717, 1.165) is 11.3 Å². The number of thiazole rings is 1. The molecule has 7 heteroatoms. The highest BCUT2D eigenvalue weighted by molar-refractivity contribution is 7.11. The van der Waals surface area contributed by atoms with Crippen molar-refractivity contribution in [3.05, 3.63) is 44.3 Å². The molecule has 0 aliphatic rings. The van der Waals surface area contributed by atoms with Gasteiger partial charge in [0.2, 0.25) is 5.01 Å². The van der Waals surface area contributed by atoms with Crippen molar-refractivity contribution in [3.8, 4) is 11.3 Å². The average Bonchev–Trinajstić information content (AvgIpc) is 2.89. The van der Waals surface area contributed by atoms with E-state index in [9.17, 15) is 14.9 Å². The first kappa shape index (κ1) is 14.1. The summed E-state index contributed by atoms with van der Waals surface area (Å²) in [6.07, 6.45) is 0. The summed E-state index contributed by atoms with van der Waals surface area (Å²) in [5.41, 5.74) is 1.75. The van der Waals surface area contributed by atoms with Gasteiger partial charge in [0, 0.05) is 22.6 Å². The molecule has 0 saturated carbocycles. The lowest BCUT2D eigenvalue weighted by atomic mass is 10.1. The predicted molar refractivity (Wildman–Crippen MR) is 74.9 cm³/mol. The monoisotopic (exact) mass is 292 g/mol. The minimum Gasteiger partial charge on any atom is -0.461 e. The van der Waals surface area contributed by atoms with Gasteiger partial charge in [0.25, 0.3) is 5.69 Å². The van der Waals surface area contributed by atoms with Gasteiger partial charge in [-0.2, -0.15) is 0 Å². The molecule has 0 amide bonds. The van der Waals surface area contributed by atoms with Crippen LogP contribution in [0, 0.1) is 17.0 Å². The van der Waals surface area contributed by atoms with Crippen molar-refractivity contribution in [2.45, 2.75) is 13.8 Å². The average molecular weight is 292 g/mol. The summed E-state index contributed by atoms with van der Waals surface area (Å²) < 4.78 is 4.86. The van der Waals surface area contributed by atoms with Crippen LogP contribution in [0.3, 0.4) is 0 Å². The van der Waals surface area contributed by atoms with Gasteiger partial charge in [-0.25, -0.2) is 9.78 Å². The summed E-state index contributed by atoms with van der Waals surface area (Å²) in [4.78, 5) is 26.2. The van der Waals surface area contributed by atoms with Gasteiger partial charge in [-0.05, 0) is 13.8 Å². The number of aryl methyl sites for hydroxylation is 1. The third kappa shape index (κ3) is 2.83. The third-order valence-electron chi connectivity index (χ3n) is 2.66. The number of carbonyl (C=O) groups is 1. The molecule has 6 nitrogen and oxygen atoms in total. The molecule has 1 heterocycles. The molecule has 1 aromatic heterocycles. The lowest BCUT2D eigenvalue weighted by Gasteiger charge is -2.00. The van der Waals surface area contributed by atoms with Crippen LogP contribution in [-0.4, -0.2) is 22.5 Å². The third-order valence-corrected chi connectivity index (χ3v) is 3.48. The number of hydrogen-bond acceptors (Lipinski definition) is 6. The van der Waals surface area contributed by atoms with Crippen LogP contribution in [0.25, 0.3) is 11.3 Å². The molecular weight excluding hydrogens is 280 g/mol. The Labute approximate surface area is 119 Å². The van der Waals surface area contributed by atoms with Crippen LogP contribution in [0.5, 0.6) is 0 Å². The van der Waals surface area contributed by atoms with E-state index in [1.165, 1.54) is 6.07 Å². The molecule has 0 bridgehead atoms. The van der Waals surface area contributed by atoms with Crippen LogP contribution in [0.1, 0.15) is 22.3 Å². The van der Waals surface area contributed by atoms with Crippen LogP contribution in [-0.2, 0) is 4.74 Å². The standard InChI is InChI=1S/C13H12N2O4S/c1-3-19-13(16)12-14-10(7-20-12)9-5-4-8(2)11(6-9)15(17)18/h4-7H,3H2,1-2H3. The molecular formula is C13H12N2O4S. The van der Waals surface area contributed by atoms with Crippen molar-refractivity contribution < 1.29 is 14.5 Å². The summed E-state index contributed by atoms with van der Waals surface area (Å²) in [7, 11) is 0. The van der Waals surface area contributed by atoms with E-state index in [4.69, 9.17) is 4.74 Å². The zero-order chi connectivity index (χ0) is 14.7. The Kier molecular flexibility index (Phi) is 4.09. The highest BCUT2D eigenvalue weighted by Gasteiger charge is 2.16. The molecule has 0 fully saturated rings. The quantitative estimate of drug-likeness (QED) is 0.491. The maximum absolute atomic E-state index is 11.5. The fourth-order valence-electron chi connectivity index (χ4n) is 1.66. The number of ether oxygens (including phenoxy) is 1. The van der Waals surface area contributed by atoms with Gasteiger partial charge in [0.15, 0.2) is 0 Å². The van der Waals surface area contributed by atoms with E-state index < -0.39 is 10.9 Å². The van der Waals surface area contributed by atoms with Crippen molar-refractivity contribution in [2.75, 3.05) is 6.61 Å². The lowest BCUT2D eigenvalue weighted by molar-refractivity contribution is -0.385. The molecule has 0 radical (unpaired) electrons. The Balaban J connectivity index is 2.35. The second-order valence-electron chi connectivity index (χ2n) is 4.02. The maximum atomic E-state index is 11.5. The SMILES string of the molecule is CCOC(=O)c1nc(-c2ccc(C)c([N+](=O)[O-])c2)cs1. The van der Waals surface area contributed by atoms with E-state index in [1.54, 1.807) is 31.4 Å². The fraction of sp³-hybridized carbons (Fsp3) is 0.231. The Morgan fingerprint density at radius 2 is 2.25 bits per heavy atom. The molecule has 0 aliphatic carbocycles.